The van der Waals surface area contributed by atoms with Crippen LogP contribution in [0.1, 0.15) is 66.5 Å². The molecule has 0 unspecified atom stereocenters. The van der Waals surface area contributed by atoms with Gasteiger partial charge in [-0.05, 0) is 77.6 Å². The summed E-state index contributed by atoms with van der Waals surface area (Å²) in [6, 6.07) is 24.3. The van der Waals surface area contributed by atoms with Crippen LogP contribution in [0.5, 0.6) is 0 Å². The molecule has 1 aliphatic heterocycles. The van der Waals surface area contributed by atoms with Gasteiger partial charge in [-0.25, -0.2) is 4.98 Å². The Kier molecular flexibility index (Phi) is 3.99. The zero-order chi connectivity index (χ0) is 24.3. The highest BCUT2D eigenvalue weighted by Crippen LogP contribution is 2.62. The molecule has 3 nitrogen and oxygen atoms in total. The maximum Gasteiger partial charge on any atom is 0.145 e. The predicted molar refractivity (Wildman–Crippen MR) is 143 cm³/mol. The number of hydrogen-bond donors (Lipinski definition) is 0. The third-order valence-electron chi connectivity index (χ3n) is 9.76. The summed E-state index contributed by atoms with van der Waals surface area (Å²) in [5.74, 6) is 1.06. The molecule has 3 aromatic carbocycles. The highest BCUT2D eigenvalue weighted by atomic mass is 15.4. The SMILES string of the molecule is CC1(C)N(c2ccccc2)c2ccccc2-c2nc3cc4c(cc3n21)C(C)(C)C(C)(C)C4(C)C. The van der Waals surface area contributed by atoms with E-state index in [1.165, 1.54) is 33.6 Å². The second kappa shape index (κ2) is 6.33. The molecule has 1 aromatic heterocycles. The molecule has 3 heteroatoms. The van der Waals surface area contributed by atoms with Crippen molar-refractivity contribution in [3.8, 4) is 11.4 Å². The van der Waals surface area contributed by atoms with E-state index < -0.39 is 0 Å². The first-order valence-corrected chi connectivity index (χ1v) is 12.4. The number of imidazole rings is 1. The fraction of sp³-hybridized carbons (Fsp3) is 0.387. The molecule has 0 fully saturated rings. The van der Waals surface area contributed by atoms with E-state index in [0.717, 1.165) is 11.3 Å². The van der Waals surface area contributed by atoms with Crippen LogP contribution >= 0.6 is 0 Å². The lowest BCUT2D eigenvalue weighted by molar-refractivity contribution is 0.125. The van der Waals surface area contributed by atoms with E-state index in [1.54, 1.807) is 0 Å². The standard InChI is InChI=1S/C31H35N3/c1-28(2)22-18-24-26(19-23(22)29(3,4)30(28,5)6)34-27(32-24)21-16-12-13-17-25(21)33(31(34,7)8)20-14-10-9-11-15-20/h9-19H,1-8H3. The summed E-state index contributed by atoms with van der Waals surface area (Å²) >= 11 is 0. The van der Waals surface area contributed by atoms with Gasteiger partial charge < -0.3 is 9.47 Å². The Morgan fingerprint density at radius 3 is 1.94 bits per heavy atom. The summed E-state index contributed by atoms with van der Waals surface area (Å²) in [5.41, 5.74) is 8.70. The van der Waals surface area contributed by atoms with Gasteiger partial charge in [-0.2, -0.15) is 0 Å². The number of hydrogen-bond acceptors (Lipinski definition) is 2. The second-order valence-electron chi connectivity index (χ2n) is 12.2. The Labute approximate surface area is 203 Å². The monoisotopic (exact) mass is 449 g/mol. The van der Waals surface area contributed by atoms with Gasteiger partial charge >= 0.3 is 0 Å². The first-order chi connectivity index (χ1) is 15.9. The number of para-hydroxylation sites is 2. The topological polar surface area (TPSA) is 21.1 Å². The quantitative estimate of drug-likeness (QED) is 0.292. The number of nitrogens with zero attached hydrogens (tertiary/aromatic N) is 3. The van der Waals surface area contributed by atoms with E-state index in [4.69, 9.17) is 4.98 Å². The van der Waals surface area contributed by atoms with Crippen LogP contribution in [0.15, 0.2) is 66.7 Å². The molecule has 1 aliphatic carbocycles. The maximum absolute atomic E-state index is 5.29. The molecule has 2 heterocycles. The molecule has 0 bridgehead atoms. The van der Waals surface area contributed by atoms with Crippen LogP contribution in [0.4, 0.5) is 11.4 Å². The molecule has 174 valence electrons. The molecule has 4 aromatic rings. The first-order valence-electron chi connectivity index (χ1n) is 12.4. The number of rotatable bonds is 1. The fourth-order valence-electron chi connectivity index (χ4n) is 6.63. The van der Waals surface area contributed by atoms with Gasteiger partial charge in [0.15, 0.2) is 0 Å². The summed E-state index contributed by atoms with van der Waals surface area (Å²) in [7, 11) is 0. The van der Waals surface area contributed by atoms with Crippen LogP contribution in [-0.4, -0.2) is 9.55 Å². The van der Waals surface area contributed by atoms with Crippen LogP contribution in [0.3, 0.4) is 0 Å². The van der Waals surface area contributed by atoms with Crippen molar-refractivity contribution < 1.29 is 0 Å². The van der Waals surface area contributed by atoms with E-state index in [0.29, 0.717) is 0 Å². The average Bonchev–Trinajstić information content (AvgIpc) is 3.22. The molecule has 34 heavy (non-hydrogen) atoms. The van der Waals surface area contributed by atoms with E-state index in [-0.39, 0.29) is 21.9 Å². The summed E-state index contributed by atoms with van der Waals surface area (Å²) in [6.45, 7) is 19.1. The van der Waals surface area contributed by atoms with Gasteiger partial charge in [-0.1, -0.05) is 71.9 Å². The van der Waals surface area contributed by atoms with Crippen LogP contribution in [-0.2, 0) is 16.5 Å². The van der Waals surface area contributed by atoms with Crippen LogP contribution in [0, 0.1) is 5.41 Å². The molecule has 0 radical (unpaired) electrons. The Bertz CT molecular complexity index is 1450. The summed E-state index contributed by atoms with van der Waals surface area (Å²) < 4.78 is 2.46. The number of benzene rings is 3. The van der Waals surface area contributed by atoms with E-state index in [9.17, 15) is 0 Å². The van der Waals surface area contributed by atoms with Gasteiger partial charge in [0.1, 0.15) is 11.5 Å². The summed E-state index contributed by atoms with van der Waals surface area (Å²) in [6.07, 6.45) is 0. The lowest BCUT2D eigenvalue weighted by Crippen LogP contribution is -2.46. The minimum atomic E-state index is -0.332. The maximum atomic E-state index is 5.29. The molecular formula is C31H35N3. The molecule has 0 spiro atoms. The van der Waals surface area contributed by atoms with E-state index in [1.807, 2.05) is 0 Å². The zero-order valence-electron chi connectivity index (χ0n) is 21.7. The predicted octanol–water partition coefficient (Wildman–Crippen LogP) is 8.14. The lowest BCUT2D eigenvalue weighted by Gasteiger charge is -2.46. The largest absolute Gasteiger partial charge is 0.317 e. The fourth-order valence-corrected chi connectivity index (χ4v) is 6.63. The van der Waals surface area contributed by atoms with Crippen LogP contribution in [0.25, 0.3) is 22.4 Å². The normalized spacial score (nSPS) is 20.6. The van der Waals surface area contributed by atoms with Gasteiger partial charge in [0, 0.05) is 11.3 Å². The van der Waals surface area contributed by atoms with Crippen LogP contribution < -0.4 is 4.90 Å². The highest BCUT2D eigenvalue weighted by Gasteiger charge is 2.57. The van der Waals surface area contributed by atoms with Gasteiger partial charge in [-0.15, -0.1) is 0 Å². The van der Waals surface area contributed by atoms with Crippen molar-refractivity contribution in [2.45, 2.75) is 71.9 Å². The highest BCUT2D eigenvalue weighted by molar-refractivity contribution is 5.91. The van der Waals surface area contributed by atoms with Crippen molar-refractivity contribution in [3.05, 3.63) is 77.9 Å². The minimum absolute atomic E-state index is 0.0561. The van der Waals surface area contributed by atoms with Gasteiger partial charge in [0.05, 0.1) is 16.7 Å². The Balaban J connectivity index is 1.70. The van der Waals surface area contributed by atoms with Crippen molar-refractivity contribution in [1.82, 2.24) is 9.55 Å². The molecular weight excluding hydrogens is 414 g/mol. The van der Waals surface area contributed by atoms with E-state index in [2.05, 4.69) is 132 Å². The average molecular weight is 450 g/mol. The van der Waals surface area contributed by atoms with Crippen molar-refractivity contribution >= 4 is 22.4 Å². The molecule has 0 N–H and O–H groups in total. The number of aromatic nitrogens is 2. The van der Waals surface area contributed by atoms with Crippen molar-refractivity contribution in [2.24, 2.45) is 5.41 Å². The molecule has 0 saturated carbocycles. The lowest BCUT2D eigenvalue weighted by atomic mass is 9.59. The molecule has 6 rings (SSSR count). The smallest absolute Gasteiger partial charge is 0.145 e. The minimum Gasteiger partial charge on any atom is -0.317 e. The van der Waals surface area contributed by atoms with Gasteiger partial charge in [0.25, 0.3) is 0 Å². The zero-order valence-corrected chi connectivity index (χ0v) is 21.7. The first kappa shape index (κ1) is 21.5. The van der Waals surface area contributed by atoms with Gasteiger partial charge in [-0.3, -0.25) is 0 Å². The van der Waals surface area contributed by atoms with Crippen LogP contribution in [0.2, 0.25) is 0 Å². The summed E-state index contributed by atoms with van der Waals surface area (Å²) in [4.78, 5) is 7.75. The molecule has 0 amide bonds. The second-order valence-corrected chi connectivity index (χ2v) is 12.2. The third-order valence-corrected chi connectivity index (χ3v) is 9.76. The van der Waals surface area contributed by atoms with Crippen molar-refractivity contribution in [3.63, 3.8) is 0 Å². The van der Waals surface area contributed by atoms with E-state index >= 15 is 0 Å². The van der Waals surface area contributed by atoms with Gasteiger partial charge in [0.2, 0.25) is 0 Å². The Morgan fingerprint density at radius 2 is 1.26 bits per heavy atom. The molecule has 0 saturated heterocycles. The Hall–Kier alpha value is -3.07. The van der Waals surface area contributed by atoms with Crippen molar-refractivity contribution in [1.29, 1.82) is 0 Å². The van der Waals surface area contributed by atoms with Crippen molar-refractivity contribution in [2.75, 3.05) is 4.90 Å². The number of anilines is 2. The number of fused-ring (bicyclic) bond motifs is 6. The molecule has 2 aliphatic rings. The summed E-state index contributed by atoms with van der Waals surface area (Å²) in [5, 5.41) is 0. The third kappa shape index (κ3) is 2.35. The Morgan fingerprint density at radius 1 is 0.676 bits per heavy atom. The molecule has 0 atom stereocenters.